The Morgan fingerprint density at radius 2 is 1.69 bits per heavy atom. The van der Waals surface area contributed by atoms with Gasteiger partial charge in [-0.1, -0.05) is 65.6 Å². The van der Waals surface area contributed by atoms with Crippen molar-refractivity contribution in [2.45, 2.75) is 29.7 Å². The summed E-state index contributed by atoms with van der Waals surface area (Å²) < 4.78 is 15.2. The van der Waals surface area contributed by atoms with Gasteiger partial charge in [0.1, 0.15) is 17.6 Å². The highest BCUT2D eigenvalue weighted by Crippen LogP contribution is 2.53. The molecule has 0 aliphatic carbocycles. The first-order chi connectivity index (χ1) is 18.8. The Balaban J connectivity index is 1.41. The minimum absolute atomic E-state index is 0.246. The van der Waals surface area contributed by atoms with E-state index in [-0.39, 0.29) is 29.1 Å². The minimum atomic E-state index is -0.805. The topological polar surface area (TPSA) is 88.5 Å². The number of benzene rings is 3. The first-order valence-electron chi connectivity index (χ1n) is 12.3. The van der Waals surface area contributed by atoms with E-state index in [1.54, 1.807) is 48.5 Å². The van der Waals surface area contributed by atoms with E-state index in [1.165, 1.54) is 21.6 Å². The molecule has 0 radical (unpaired) electrons. The lowest BCUT2D eigenvalue weighted by Crippen LogP contribution is -2.33. The Morgan fingerprint density at radius 3 is 2.41 bits per heavy atom. The Kier molecular flexibility index (Phi) is 6.44. The zero-order valence-corrected chi connectivity index (χ0v) is 22.3. The lowest BCUT2D eigenvalue weighted by Gasteiger charge is -2.30. The van der Waals surface area contributed by atoms with Crippen molar-refractivity contribution in [1.29, 1.82) is 0 Å². The van der Waals surface area contributed by atoms with Gasteiger partial charge in [-0.3, -0.25) is 23.7 Å². The third-order valence-corrected chi connectivity index (χ3v) is 9.50. The maximum absolute atomic E-state index is 13.8. The van der Waals surface area contributed by atoms with Crippen molar-refractivity contribution in [1.82, 2.24) is 4.57 Å². The second kappa shape index (κ2) is 9.94. The Morgan fingerprint density at radius 1 is 0.949 bits per heavy atom. The molecule has 2 aliphatic rings. The van der Waals surface area contributed by atoms with E-state index in [9.17, 15) is 23.6 Å². The first kappa shape index (κ1) is 25.3. The normalized spacial score (nSPS) is 20.1. The van der Waals surface area contributed by atoms with Gasteiger partial charge in [-0.2, -0.15) is 0 Å². The van der Waals surface area contributed by atoms with Crippen LogP contribution in [0.5, 0.6) is 0 Å². The summed E-state index contributed by atoms with van der Waals surface area (Å²) in [7, 11) is 0. The second-order valence-electron chi connectivity index (χ2n) is 9.48. The van der Waals surface area contributed by atoms with Crippen LogP contribution < -0.4 is 15.1 Å². The van der Waals surface area contributed by atoms with Gasteiger partial charge in [-0.15, -0.1) is 0 Å². The number of halogens is 1. The average molecular weight is 560 g/mol. The van der Waals surface area contributed by atoms with E-state index in [2.05, 4.69) is 5.32 Å². The number of para-hydroxylation sites is 1. The molecule has 196 valence electrons. The molecule has 1 aromatic heterocycles. The number of nitrogens with one attached hydrogen (secondary N) is 1. The number of thiazole rings is 1. The van der Waals surface area contributed by atoms with Gasteiger partial charge in [0.05, 0.1) is 16.6 Å². The van der Waals surface area contributed by atoms with Crippen LogP contribution in [-0.4, -0.2) is 27.5 Å². The number of nitrogens with zero attached hydrogens (tertiary/aromatic N) is 2. The van der Waals surface area contributed by atoms with Crippen molar-refractivity contribution in [2.24, 2.45) is 5.92 Å². The van der Waals surface area contributed by atoms with E-state index < -0.39 is 22.9 Å². The molecule has 2 aliphatic heterocycles. The molecular weight excluding hydrogens is 537 g/mol. The van der Waals surface area contributed by atoms with Gasteiger partial charge in [-0.25, -0.2) is 9.29 Å². The van der Waals surface area contributed by atoms with Crippen LogP contribution >= 0.6 is 23.1 Å². The van der Waals surface area contributed by atoms with Gasteiger partial charge >= 0.3 is 4.87 Å². The van der Waals surface area contributed by atoms with Crippen LogP contribution in [0.15, 0.2) is 88.7 Å². The molecule has 1 N–H and O–H groups in total. The van der Waals surface area contributed by atoms with E-state index in [0.717, 1.165) is 28.7 Å². The van der Waals surface area contributed by atoms with E-state index in [1.807, 2.05) is 25.1 Å². The van der Waals surface area contributed by atoms with Gasteiger partial charge in [-0.05, 0) is 54.4 Å². The monoisotopic (exact) mass is 559 g/mol. The van der Waals surface area contributed by atoms with Crippen LogP contribution in [-0.2, 0) is 20.9 Å². The molecule has 3 amide bonds. The van der Waals surface area contributed by atoms with Crippen molar-refractivity contribution < 1.29 is 18.8 Å². The maximum Gasteiger partial charge on any atom is 0.308 e. The quantitative estimate of drug-likeness (QED) is 0.355. The summed E-state index contributed by atoms with van der Waals surface area (Å²) >= 11 is 2.10. The van der Waals surface area contributed by atoms with E-state index in [0.29, 0.717) is 26.8 Å². The Hall–Kier alpha value is -4.02. The van der Waals surface area contributed by atoms with E-state index >= 15 is 0 Å². The van der Waals surface area contributed by atoms with E-state index in [4.69, 9.17) is 0 Å². The predicted molar refractivity (Wildman–Crippen MR) is 149 cm³/mol. The predicted octanol–water partition coefficient (Wildman–Crippen LogP) is 4.79. The molecule has 1 fully saturated rings. The fourth-order valence-corrected chi connectivity index (χ4v) is 7.96. The van der Waals surface area contributed by atoms with Gasteiger partial charge in [0.25, 0.3) is 0 Å². The van der Waals surface area contributed by atoms with Crippen LogP contribution in [0.2, 0.25) is 0 Å². The number of fused-ring (bicyclic) bond motifs is 2. The Labute approximate surface area is 231 Å². The number of aromatic nitrogens is 1. The molecule has 3 heterocycles. The van der Waals surface area contributed by atoms with Gasteiger partial charge in [0.15, 0.2) is 0 Å². The molecule has 3 aromatic carbocycles. The van der Waals surface area contributed by atoms with Crippen LogP contribution in [0.1, 0.15) is 21.9 Å². The zero-order valence-electron chi connectivity index (χ0n) is 20.7. The number of thioether (sulfide) groups is 1. The molecule has 6 rings (SSSR count). The smallest absolute Gasteiger partial charge is 0.308 e. The molecule has 10 heteroatoms. The molecule has 3 atom stereocenters. The molecular formula is C29H22FN3O4S2. The van der Waals surface area contributed by atoms with Crippen molar-refractivity contribution in [2.75, 3.05) is 10.2 Å². The Bertz CT molecular complexity index is 1670. The summed E-state index contributed by atoms with van der Waals surface area (Å²) in [4.78, 5) is 55.0. The largest absolute Gasteiger partial charge is 0.325 e. The summed E-state index contributed by atoms with van der Waals surface area (Å²) in [5.74, 6) is -2.99. The van der Waals surface area contributed by atoms with Crippen molar-refractivity contribution in [3.8, 4) is 0 Å². The molecule has 0 saturated carbocycles. The fraction of sp³-hybridized carbons (Fsp3) is 0.172. The molecule has 4 aromatic rings. The molecule has 2 unspecified atom stereocenters. The lowest BCUT2D eigenvalue weighted by molar-refractivity contribution is -0.122. The zero-order chi connectivity index (χ0) is 27.3. The van der Waals surface area contributed by atoms with Gasteiger partial charge in [0, 0.05) is 16.5 Å². The number of hydrogen-bond acceptors (Lipinski definition) is 6. The van der Waals surface area contributed by atoms with Crippen molar-refractivity contribution >= 4 is 52.2 Å². The highest BCUT2D eigenvalue weighted by atomic mass is 32.2. The summed E-state index contributed by atoms with van der Waals surface area (Å²) in [6.07, 6.45) is 0. The molecule has 0 bridgehead atoms. The van der Waals surface area contributed by atoms with Crippen LogP contribution in [0, 0.1) is 18.7 Å². The summed E-state index contributed by atoms with van der Waals surface area (Å²) in [5.41, 5.74) is 2.69. The molecule has 1 saturated heterocycles. The number of hydrogen-bond donors (Lipinski definition) is 1. The second-order valence-corrected chi connectivity index (χ2v) is 11.6. The standard InChI is InChI=1S/C29H22FN3O4S2/c1-16-6-5-7-19(14-16)31-21(34)15-32-28-25(39-29(32)37)22(17-10-12-18(30)13-11-17)23-24(38-28)27(36)33(26(23)35)20-8-3-2-4-9-20/h2-14,22-24H,15H2,1H3,(H,31,34)/t22-,23?,24?/m1/s1. The lowest BCUT2D eigenvalue weighted by atomic mass is 9.83. The highest BCUT2D eigenvalue weighted by molar-refractivity contribution is 8.00. The van der Waals surface area contributed by atoms with Crippen molar-refractivity contribution in [3.05, 3.63) is 110 Å². The van der Waals surface area contributed by atoms with Gasteiger partial charge in [0.2, 0.25) is 17.7 Å². The minimum Gasteiger partial charge on any atom is -0.325 e. The SMILES string of the molecule is Cc1cccc(NC(=O)Cn2c3c(sc2=O)[C@H](c2ccc(F)cc2)C2C(=O)N(c4ccccc4)C(=O)C2S3)c1. The maximum atomic E-state index is 13.8. The van der Waals surface area contributed by atoms with Crippen LogP contribution in [0.3, 0.4) is 0 Å². The third kappa shape index (κ3) is 4.49. The van der Waals surface area contributed by atoms with Gasteiger partial charge < -0.3 is 5.32 Å². The van der Waals surface area contributed by atoms with Crippen molar-refractivity contribution in [3.63, 3.8) is 0 Å². The summed E-state index contributed by atoms with van der Waals surface area (Å²) in [5, 5.41) is 2.50. The molecule has 39 heavy (non-hydrogen) atoms. The third-order valence-electron chi connectivity index (χ3n) is 6.90. The number of carbonyl (C=O) groups is 3. The number of rotatable bonds is 5. The molecule has 0 spiro atoms. The number of anilines is 2. The number of imide groups is 1. The summed E-state index contributed by atoms with van der Waals surface area (Å²) in [6, 6.07) is 21.8. The van der Waals surface area contributed by atoms with Crippen LogP contribution in [0.25, 0.3) is 0 Å². The summed E-state index contributed by atoms with van der Waals surface area (Å²) in [6.45, 7) is 1.67. The molecule has 7 nitrogen and oxygen atoms in total. The van der Waals surface area contributed by atoms with Crippen LogP contribution in [0.4, 0.5) is 15.8 Å². The first-order valence-corrected chi connectivity index (χ1v) is 14.0. The fourth-order valence-electron chi connectivity index (χ4n) is 5.18. The number of amides is 3. The number of aryl methyl sites for hydroxylation is 1. The number of carbonyl (C=O) groups excluding carboxylic acids is 3. The average Bonchev–Trinajstić information content (AvgIpc) is 3.36. The highest BCUT2D eigenvalue weighted by Gasteiger charge is 2.56.